The summed E-state index contributed by atoms with van der Waals surface area (Å²) >= 11 is 0. The average Bonchev–Trinajstić information content (AvgIpc) is 2.30. The quantitative estimate of drug-likeness (QED) is 0.613. The van der Waals surface area contributed by atoms with Gasteiger partial charge in [0.15, 0.2) is 0 Å². The van der Waals surface area contributed by atoms with Gasteiger partial charge in [-0.05, 0) is 29.9 Å². The maximum atomic E-state index is 10.6. The molecule has 0 aliphatic heterocycles. The van der Waals surface area contributed by atoms with Gasteiger partial charge in [-0.2, -0.15) is 0 Å². The van der Waals surface area contributed by atoms with Gasteiger partial charge in [0.25, 0.3) is 0 Å². The maximum absolute atomic E-state index is 10.6. The SMILES string of the molecule is O=C([O-])c1ccc(C2CCCCC2)cc1.[Na+]. The van der Waals surface area contributed by atoms with E-state index in [-0.39, 0.29) is 35.1 Å². The molecular weight excluding hydrogens is 211 g/mol. The summed E-state index contributed by atoms with van der Waals surface area (Å²) in [6.07, 6.45) is 6.42. The van der Waals surface area contributed by atoms with Crippen LogP contribution in [0.5, 0.6) is 0 Å². The number of carbonyl (C=O) groups excluding carboxylic acids is 1. The van der Waals surface area contributed by atoms with Crippen molar-refractivity contribution < 1.29 is 39.5 Å². The first kappa shape index (κ1) is 13.8. The van der Waals surface area contributed by atoms with E-state index in [0.29, 0.717) is 5.92 Å². The number of benzene rings is 1. The largest absolute Gasteiger partial charge is 1.00 e. The topological polar surface area (TPSA) is 40.1 Å². The van der Waals surface area contributed by atoms with Crippen molar-refractivity contribution in [3.05, 3.63) is 35.4 Å². The Morgan fingerprint density at radius 1 is 1.06 bits per heavy atom. The fourth-order valence-electron chi connectivity index (χ4n) is 2.33. The van der Waals surface area contributed by atoms with Gasteiger partial charge in [-0.25, -0.2) is 0 Å². The van der Waals surface area contributed by atoms with Crippen LogP contribution >= 0.6 is 0 Å². The Labute approximate surface area is 118 Å². The van der Waals surface area contributed by atoms with Crippen molar-refractivity contribution in [3.8, 4) is 0 Å². The van der Waals surface area contributed by atoms with Gasteiger partial charge in [0.05, 0.1) is 5.97 Å². The summed E-state index contributed by atoms with van der Waals surface area (Å²) in [6.45, 7) is 0. The van der Waals surface area contributed by atoms with E-state index < -0.39 is 5.97 Å². The smallest absolute Gasteiger partial charge is 0.545 e. The molecule has 2 nitrogen and oxygen atoms in total. The predicted octanol–water partition coefficient (Wildman–Crippen LogP) is -0.898. The zero-order chi connectivity index (χ0) is 10.7. The minimum Gasteiger partial charge on any atom is -0.545 e. The summed E-state index contributed by atoms with van der Waals surface area (Å²) < 4.78 is 0. The van der Waals surface area contributed by atoms with Gasteiger partial charge in [0.2, 0.25) is 0 Å². The summed E-state index contributed by atoms with van der Waals surface area (Å²) in [5, 5.41) is 10.6. The molecule has 0 spiro atoms. The molecule has 0 bridgehead atoms. The molecule has 1 saturated carbocycles. The second kappa shape index (κ2) is 6.43. The van der Waals surface area contributed by atoms with Crippen LogP contribution in [0, 0.1) is 0 Å². The molecule has 0 amide bonds. The van der Waals surface area contributed by atoms with Crippen molar-refractivity contribution in [1.29, 1.82) is 0 Å². The molecule has 1 aromatic rings. The average molecular weight is 226 g/mol. The van der Waals surface area contributed by atoms with Crippen molar-refractivity contribution in [3.63, 3.8) is 0 Å². The number of carbonyl (C=O) groups is 1. The Hall–Kier alpha value is -0.310. The van der Waals surface area contributed by atoms with E-state index in [4.69, 9.17) is 0 Å². The molecule has 1 aromatic carbocycles. The maximum Gasteiger partial charge on any atom is 1.00 e. The van der Waals surface area contributed by atoms with Gasteiger partial charge >= 0.3 is 29.6 Å². The first-order valence-corrected chi connectivity index (χ1v) is 5.58. The fraction of sp³-hybridized carbons (Fsp3) is 0.462. The molecule has 0 heterocycles. The summed E-state index contributed by atoms with van der Waals surface area (Å²) in [7, 11) is 0. The van der Waals surface area contributed by atoms with Gasteiger partial charge in [-0.1, -0.05) is 43.5 Å². The number of aromatic carboxylic acids is 1. The molecular formula is C13H15NaO2. The molecule has 1 aliphatic rings. The van der Waals surface area contributed by atoms with Gasteiger partial charge in [-0.15, -0.1) is 0 Å². The van der Waals surface area contributed by atoms with E-state index in [9.17, 15) is 9.90 Å². The molecule has 0 aromatic heterocycles. The Kier molecular flexibility index (Phi) is 5.53. The van der Waals surface area contributed by atoms with E-state index in [1.807, 2.05) is 12.1 Å². The van der Waals surface area contributed by atoms with E-state index in [1.54, 1.807) is 12.1 Å². The number of rotatable bonds is 2. The van der Waals surface area contributed by atoms with Crippen molar-refractivity contribution in [1.82, 2.24) is 0 Å². The number of carboxylic acids is 1. The summed E-state index contributed by atoms with van der Waals surface area (Å²) in [5.74, 6) is -0.459. The molecule has 1 fully saturated rings. The van der Waals surface area contributed by atoms with Crippen LogP contribution in [0.2, 0.25) is 0 Å². The second-order valence-corrected chi connectivity index (χ2v) is 4.24. The number of hydrogen-bond acceptors (Lipinski definition) is 2. The van der Waals surface area contributed by atoms with Crippen molar-refractivity contribution in [2.75, 3.05) is 0 Å². The second-order valence-electron chi connectivity index (χ2n) is 4.24. The molecule has 0 saturated heterocycles. The van der Waals surface area contributed by atoms with Crippen LogP contribution in [0.3, 0.4) is 0 Å². The summed E-state index contributed by atoms with van der Waals surface area (Å²) in [6, 6.07) is 7.17. The van der Waals surface area contributed by atoms with E-state index >= 15 is 0 Å². The van der Waals surface area contributed by atoms with Crippen LogP contribution in [-0.2, 0) is 0 Å². The first-order chi connectivity index (χ1) is 7.27. The molecule has 1 aliphatic carbocycles. The molecule has 2 rings (SSSR count). The van der Waals surface area contributed by atoms with Crippen molar-refractivity contribution in [2.45, 2.75) is 38.0 Å². The zero-order valence-electron chi connectivity index (χ0n) is 9.74. The fourth-order valence-corrected chi connectivity index (χ4v) is 2.33. The van der Waals surface area contributed by atoms with Crippen LogP contribution in [0.25, 0.3) is 0 Å². The van der Waals surface area contributed by atoms with E-state index in [1.165, 1.54) is 37.7 Å². The third kappa shape index (κ3) is 3.34. The van der Waals surface area contributed by atoms with Gasteiger partial charge < -0.3 is 9.90 Å². The van der Waals surface area contributed by atoms with Gasteiger partial charge in [0, 0.05) is 0 Å². The number of hydrogen-bond donors (Lipinski definition) is 0. The van der Waals surface area contributed by atoms with Crippen LogP contribution in [0.15, 0.2) is 24.3 Å². The Balaban J connectivity index is 0.00000128. The molecule has 0 N–H and O–H groups in total. The monoisotopic (exact) mass is 226 g/mol. The van der Waals surface area contributed by atoms with Crippen LogP contribution in [-0.4, -0.2) is 5.97 Å². The third-order valence-electron chi connectivity index (χ3n) is 3.22. The first-order valence-electron chi connectivity index (χ1n) is 5.58. The summed E-state index contributed by atoms with van der Waals surface area (Å²) in [5.41, 5.74) is 1.55. The van der Waals surface area contributed by atoms with Crippen molar-refractivity contribution >= 4 is 5.97 Å². The Morgan fingerprint density at radius 2 is 1.62 bits per heavy atom. The summed E-state index contributed by atoms with van der Waals surface area (Å²) in [4.78, 5) is 10.6. The van der Waals surface area contributed by atoms with Gasteiger partial charge in [0.1, 0.15) is 0 Å². The van der Waals surface area contributed by atoms with Crippen LogP contribution in [0.1, 0.15) is 53.9 Å². The Bertz CT molecular complexity index is 339. The number of carboxylic acid groups (broad SMARTS) is 1. The zero-order valence-corrected chi connectivity index (χ0v) is 11.7. The standard InChI is InChI=1S/C13H16O2.Na/c14-13(15)12-8-6-11(7-9-12)10-4-2-1-3-5-10;/h6-10H,1-5H2,(H,14,15);/q;+1/p-1. The molecule has 0 radical (unpaired) electrons. The molecule has 16 heavy (non-hydrogen) atoms. The minimum absolute atomic E-state index is 0. The molecule has 0 unspecified atom stereocenters. The van der Waals surface area contributed by atoms with E-state index in [2.05, 4.69) is 0 Å². The van der Waals surface area contributed by atoms with Crippen LogP contribution < -0.4 is 34.7 Å². The predicted molar refractivity (Wildman–Crippen MR) is 56.6 cm³/mol. The van der Waals surface area contributed by atoms with E-state index in [0.717, 1.165) is 0 Å². The van der Waals surface area contributed by atoms with Crippen LogP contribution in [0.4, 0.5) is 0 Å². The molecule has 80 valence electrons. The molecule has 0 atom stereocenters. The normalized spacial score (nSPS) is 16.5. The minimum atomic E-state index is -1.09. The Morgan fingerprint density at radius 3 is 2.12 bits per heavy atom. The van der Waals surface area contributed by atoms with Crippen molar-refractivity contribution in [2.24, 2.45) is 0 Å². The molecule has 3 heteroatoms. The third-order valence-corrected chi connectivity index (χ3v) is 3.22. The van der Waals surface area contributed by atoms with Gasteiger partial charge in [-0.3, -0.25) is 0 Å².